The summed E-state index contributed by atoms with van der Waals surface area (Å²) in [7, 11) is 0. The van der Waals surface area contributed by atoms with Crippen molar-refractivity contribution in [3.8, 4) is 0 Å². The molecule has 116 valence electrons. The topological polar surface area (TPSA) is 84.2 Å². The Morgan fingerprint density at radius 3 is 2.38 bits per heavy atom. The number of halogens is 1. The maximum absolute atomic E-state index is 12.1. The van der Waals surface area contributed by atoms with Gasteiger partial charge >= 0.3 is 6.03 Å². The van der Waals surface area contributed by atoms with E-state index in [1.54, 1.807) is 0 Å². The molecule has 0 fully saturated rings. The molecular weight excluding hydrogens is 290 g/mol. The van der Waals surface area contributed by atoms with Gasteiger partial charge in [-0.3, -0.25) is 4.79 Å². The maximum Gasteiger partial charge on any atom is 0.312 e. The van der Waals surface area contributed by atoms with E-state index in [0.717, 1.165) is 5.56 Å². The first kappa shape index (κ1) is 17.3. The molecule has 1 aromatic carbocycles. The average molecular weight is 312 g/mol. The fourth-order valence-corrected chi connectivity index (χ4v) is 2.10. The van der Waals surface area contributed by atoms with Crippen molar-refractivity contribution in [1.29, 1.82) is 0 Å². The standard InChI is InChI=1S/C15H22ClN3O2/c1-10(2)9-13(19-15(17)21)14(20)18-8-7-11-3-5-12(16)6-4-11/h3-6,10,13H,7-9H2,1-2H3,(H,18,20)(H3,17,19,21)/t13-/m0/s1. The minimum atomic E-state index is -0.687. The smallest absolute Gasteiger partial charge is 0.312 e. The van der Waals surface area contributed by atoms with Gasteiger partial charge in [0.1, 0.15) is 6.04 Å². The van der Waals surface area contributed by atoms with Gasteiger partial charge in [0.2, 0.25) is 5.91 Å². The van der Waals surface area contributed by atoms with E-state index in [9.17, 15) is 9.59 Å². The van der Waals surface area contributed by atoms with E-state index in [1.807, 2.05) is 38.1 Å². The Hall–Kier alpha value is -1.75. The molecule has 1 atom stereocenters. The van der Waals surface area contributed by atoms with Crippen LogP contribution in [0.1, 0.15) is 25.8 Å². The van der Waals surface area contributed by atoms with Crippen molar-refractivity contribution in [2.75, 3.05) is 6.54 Å². The fraction of sp³-hybridized carbons (Fsp3) is 0.467. The summed E-state index contributed by atoms with van der Waals surface area (Å²) in [5.41, 5.74) is 6.18. The predicted octanol–water partition coefficient (Wildman–Crippen LogP) is 2.08. The molecular formula is C15H22ClN3O2. The number of nitrogens with two attached hydrogens (primary N) is 1. The Morgan fingerprint density at radius 1 is 1.24 bits per heavy atom. The molecule has 3 amide bonds. The van der Waals surface area contributed by atoms with Crippen molar-refractivity contribution in [3.05, 3.63) is 34.9 Å². The minimum absolute atomic E-state index is 0.212. The van der Waals surface area contributed by atoms with Crippen LogP contribution in [0.4, 0.5) is 4.79 Å². The molecule has 0 unspecified atom stereocenters. The highest BCUT2D eigenvalue weighted by Gasteiger charge is 2.20. The number of carbonyl (C=O) groups excluding carboxylic acids is 2. The van der Waals surface area contributed by atoms with E-state index in [-0.39, 0.29) is 11.8 Å². The number of benzene rings is 1. The van der Waals surface area contributed by atoms with Gasteiger partial charge in [-0.05, 0) is 36.5 Å². The molecule has 0 bridgehead atoms. The molecule has 5 nitrogen and oxygen atoms in total. The number of nitrogens with one attached hydrogen (secondary N) is 2. The van der Waals surface area contributed by atoms with Crippen molar-refractivity contribution >= 4 is 23.5 Å². The third-order valence-corrected chi connectivity index (χ3v) is 3.22. The fourth-order valence-electron chi connectivity index (χ4n) is 1.98. The van der Waals surface area contributed by atoms with Gasteiger partial charge in [-0.25, -0.2) is 4.79 Å². The van der Waals surface area contributed by atoms with Crippen LogP contribution >= 0.6 is 11.6 Å². The van der Waals surface area contributed by atoms with Crippen LogP contribution in [0.3, 0.4) is 0 Å². The lowest BCUT2D eigenvalue weighted by Crippen LogP contribution is -2.49. The summed E-state index contributed by atoms with van der Waals surface area (Å²) in [4.78, 5) is 23.0. The molecule has 0 aliphatic heterocycles. The molecule has 0 radical (unpaired) electrons. The monoisotopic (exact) mass is 311 g/mol. The summed E-state index contributed by atoms with van der Waals surface area (Å²) in [5.74, 6) is 0.0697. The van der Waals surface area contributed by atoms with Gasteiger partial charge in [0.25, 0.3) is 0 Å². The quantitative estimate of drug-likeness (QED) is 0.720. The van der Waals surface area contributed by atoms with Gasteiger partial charge in [-0.15, -0.1) is 0 Å². The van der Waals surface area contributed by atoms with Crippen LogP contribution in [0.25, 0.3) is 0 Å². The molecule has 0 aliphatic carbocycles. The maximum atomic E-state index is 12.1. The van der Waals surface area contributed by atoms with Crippen LogP contribution < -0.4 is 16.4 Å². The van der Waals surface area contributed by atoms with E-state index in [1.165, 1.54) is 0 Å². The van der Waals surface area contributed by atoms with Crippen LogP contribution in [-0.4, -0.2) is 24.5 Å². The zero-order chi connectivity index (χ0) is 15.8. The molecule has 21 heavy (non-hydrogen) atoms. The van der Waals surface area contributed by atoms with E-state index in [0.29, 0.717) is 24.4 Å². The summed E-state index contributed by atoms with van der Waals surface area (Å²) in [6.45, 7) is 4.46. The lowest BCUT2D eigenvalue weighted by Gasteiger charge is -2.19. The highest BCUT2D eigenvalue weighted by molar-refractivity contribution is 6.30. The average Bonchev–Trinajstić information content (AvgIpc) is 2.39. The molecule has 4 N–H and O–H groups in total. The van der Waals surface area contributed by atoms with Crippen LogP contribution in [0.15, 0.2) is 24.3 Å². The first-order valence-electron chi connectivity index (χ1n) is 6.96. The van der Waals surface area contributed by atoms with Crippen LogP contribution in [0.2, 0.25) is 5.02 Å². The van der Waals surface area contributed by atoms with E-state index >= 15 is 0 Å². The summed E-state index contributed by atoms with van der Waals surface area (Å²) in [6.07, 6.45) is 1.25. The second-order valence-electron chi connectivity index (χ2n) is 5.36. The SMILES string of the molecule is CC(C)C[C@H](NC(N)=O)C(=O)NCCc1ccc(Cl)cc1. The first-order chi connectivity index (χ1) is 9.88. The summed E-state index contributed by atoms with van der Waals surface area (Å²) in [6, 6.07) is 6.19. The Morgan fingerprint density at radius 2 is 1.86 bits per heavy atom. The van der Waals surface area contributed by atoms with Crippen molar-refractivity contribution in [2.45, 2.75) is 32.7 Å². The van der Waals surface area contributed by atoms with E-state index in [2.05, 4.69) is 10.6 Å². The Labute approximate surface area is 130 Å². The van der Waals surface area contributed by atoms with E-state index in [4.69, 9.17) is 17.3 Å². The molecule has 0 spiro atoms. The molecule has 0 saturated carbocycles. The molecule has 1 aromatic rings. The number of carbonyl (C=O) groups is 2. The largest absolute Gasteiger partial charge is 0.354 e. The zero-order valence-electron chi connectivity index (χ0n) is 12.4. The van der Waals surface area contributed by atoms with Gasteiger partial charge in [0, 0.05) is 11.6 Å². The Kier molecular flexibility index (Phi) is 7.02. The molecule has 6 heteroatoms. The second-order valence-corrected chi connectivity index (χ2v) is 5.79. The number of urea groups is 1. The van der Waals surface area contributed by atoms with Gasteiger partial charge in [0.05, 0.1) is 0 Å². The van der Waals surface area contributed by atoms with Crippen LogP contribution in [0, 0.1) is 5.92 Å². The second kappa shape index (κ2) is 8.52. The molecule has 0 aliphatic rings. The Bertz CT molecular complexity index is 474. The zero-order valence-corrected chi connectivity index (χ0v) is 13.1. The molecule has 0 heterocycles. The third-order valence-electron chi connectivity index (χ3n) is 2.97. The highest BCUT2D eigenvalue weighted by atomic mass is 35.5. The lowest BCUT2D eigenvalue weighted by molar-refractivity contribution is -0.123. The molecule has 1 rings (SSSR count). The summed E-state index contributed by atoms with van der Waals surface area (Å²) >= 11 is 5.81. The van der Waals surface area contributed by atoms with Crippen molar-refractivity contribution in [1.82, 2.24) is 10.6 Å². The number of hydrogen-bond acceptors (Lipinski definition) is 2. The van der Waals surface area contributed by atoms with Crippen molar-refractivity contribution < 1.29 is 9.59 Å². The number of primary amides is 1. The normalized spacial score (nSPS) is 12.0. The highest BCUT2D eigenvalue weighted by Crippen LogP contribution is 2.09. The third kappa shape index (κ3) is 6.99. The predicted molar refractivity (Wildman–Crippen MR) is 84.1 cm³/mol. The van der Waals surface area contributed by atoms with Gasteiger partial charge in [0.15, 0.2) is 0 Å². The number of amides is 3. The van der Waals surface area contributed by atoms with Crippen LogP contribution in [0.5, 0.6) is 0 Å². The lowest BCUT2D eigenvalue weighted by atomic mass is 10.0. The van der Waals surface area contributed by atoms with E-state index < -0.39 is 12.1 Å². The number of rotatable bonds is 7. The van der Waals surface area contributed by atoms with Crippen molar-refractivity contribution in [2.24, 2.45) is 11.7 Å². The molecule has 0 saturated heterocycles. The molecule has 0 aromatic heterocycles. The van der Waals surface area contributed by atoms with Crippen LogP contribution in [-0.2, 0) is 11.2 Å². The van der Waals surface area contributed by atoms with Crippen molar-refractivity contribution in [3.63, 3.8) is 0 Å². The summed E-state index contributed by atoms with van der Waals surface area (Å²) in [5, 5.41) is 5.98. The first-order valence-corrected chi connectivity index (χ1v) is 7.34. The summed E-state index contributed by atoms with van der Waals surface area (Å²) < 4.78 is 0. The minimum Gasteiger partial charge on any atom is -0.354 e. The van der Waals surface area contributed by atoms with Gasteiger partial charge < -0.3 is 16.4 Å². The Balaban J connectivity index is 2.45. The van der Waals surface area contributed by atoms with Gasteiger partial charge in [-0.1, -0.05) is 37.6 Å². The number of hydrogen-bond donors (Lipinski definition) is 3. The van der Waals surface area contributed by atoms with Gasteiger partial charge in [-0.2, -0.15) is 0 Å².